The lowest BCUT2D eigenvalue weighted by molar-refractivity contribution is 0.0623. The minimum atomic E-state index is -3.57. The van der Waals surface area contributed by atoms with Gasteiger partial charge in [-0.15, -0.1) is 0 Å². The van der Waals surface area contributed by atoms with E-state index in [0.717, 1.165) is 19.5 Å². The molecule has 1 aromatic carbocycles. The van der Waals surface area contributed by atoms with Gasteiger partial charge < -0.3 is 9.64 Å². The summed E-state index contributed by atoms with van der Waals surface area (Å²) in [5.74, 6) is 0.939. The van der Waals surface area contributed by atoms with Gasteiger partial charge in [0.25, 0.3) is 5.91 Å². The number of likely N-dealkylation sites (tertiary alicyclic amines) is 1. The Morgan fingerprint density at radius 3 is 2.33 bits per heavy atom. The lowest BCUT2D eigenvalue weighted by Crippen LogP contribution is -2.42. The van der Waals surface area contributed by atoms with Crippen molar-refractivity contribution in [1.29, 1.82) is 0 Å². The van der Waals surface area contributed by atoms with E-state index in [1.165, 1.54) is 19.2 Å². The highest BCUT2D eigenvalue weighted by atomic mass is 32.2. The first-order valence-corrected chi connectivity index (χ1v) is 9.69. The number of methoxy groups -OCH3 is 1. The lowest BCUT2D eigenvalue weighted by atomic mass is 9.91. The van der Waals surface area contributed by atoms with Crippen molar-refractivity contribution in [3.8, 4) is 0 Å². The molecule has 1 saturated heterocycles. The summed E-state index contributed by atoms with van der Waals surface area (Å²) < 4.78 is 31.5. The van der Waals surface area contributed by atoms with Crippen LogP contribution in [0.25, 0.3) is 0 Å². The minimum absolute atomic E-state index is 0.0373. The van der Waals surface area contributed by atoms with Gasteiger partial charge in [-0.1, -0.05) is 13.8 Å². The molecule has 2 rings (SSSR count). The molecule has 0 radical (unpaired) electrons. The normalized spacial score (nSPS) is 21.7. The zero-order valence-corrected chi connectivity index (χ0v) is 15.3. The number of hydrogen-bond acceptors (Lipinski definition) is 4. The van der Waals surface area contributed by atoms with Crippen LogP contribution in [-0.4, -0.2) is 52.6 Å². The first-order chi connectivity index (χ1) is 11.3. The van der Waals surface area contributed by atoms with Crippen LogP contribution in [0.4, 0.5) is 0 Å². The van der Waals surface area contributed by atoms with Gasteiger partial charge in [0.2, 0.25) is 10.0 Å². The highest BCUT2D eigenvalue weighted by Gasteiger charge is 2.26. The Morgan fingerprint density at radius 1 is 1.21 bits per heavy atom. The van der Waals surface area contributed by atoms with Gasteiger partial charge in [-0.2, -0.15) is 0 Å². The summed E-state index contributed by atoms with van der Waals surface area (Å²) in [4.78, 5) is 14.6. The molecule has 0 aliphatic carbocycles. The predicted octanol–water partition coefficient (Wildman–Crippen LogP) is 1.73. The van der Waals surface area contributed by atoms with Crippen LogP contribution in [0.1, 0.15) is 30.6 Å². The van der Waals surface area contributed by atoms with E-state index in [0.29, 0.717) is 24.0 Å². The third-order valence-corrected chi connectivity index (χ3v) is 5.64. The molecule has 1 fully saturated rings. The number of rotatable bonds is 6. The van der Waals surface area contributed by atoms with E-state index in [1.807, 2.05) is 4.90 Å². The topological polar surface area (TPSA) is 75.7 Å². The fourth-order valence-corrected chi connectivity index (χ4v) is 4.16. The van der Waals surface area contributed by atoms with Crippen molar-refractivity contribution in [2.45, 2.75) is 25.2 Å². The molecule has 2 atom stereocenters. The molecule has 0 aromatic heterocycles. The van der Waals surface area contributed by atoms with Crippen molar-refractivity contribution in [2.24, 2.45) is 11.8 Å². The molecule has 0 bridgehead atoms. The molecule has 1 aromatic rings. The van der Waals surface area contributed by atoms with E-state index in [-0.39, 0.29) is 17.3 Å². The van der Waals surface area contributed by atoms with Crippen LogP contribution in [0.2, 0.25) is 0 Å². The quantitative estimate of drug-likeness (QED) is 0.790. The molecule has 1 amide bonds. The number of ether oxygens (including phenoxy) is 1. The average molecular weight is 354 g/mol. The SMILES string of the molecule is COCCNS(=O)(=O)c1ccc(C(=O)N2C[C@H](C)C[C@H](C)C2)cc1. The Kier molecular flexibility index (Phi) is 6.37. The van der Waals surface area contributed by atoms with Crippen LogP contribution in [0, 0.1) is 11.8 Å². The Labute approximate surface area is 144 Å². The smallest absolute Gasteiger partial charge is 0.253 e. The van der Waals surface area contributed by atoms with Gasteiger partial charge in [-0.3, -0.25) is 4.79 Å². The summed E-state index contributed by atoms with van der Waals surface area (Å²) in [5, 5.41) is 0. The molecule has 6 nitrogen and oxygen atoms in total. The van der Waals surface area contributed by atoms with E-state index in [1.54, 1.807) is 12.1 Å². The summed E-state index contributed by atoms with van der Waals surface area (Å²) in [5.41, 5.74) is 0.521. The molecule has 1 heterocycles. The molecule has 1 N–H and O–H groups in total. The summed E-state index contributed by atoms with van der Waals surface area (Å²) >= 11 is 0. The maximum absolute atomic E-state index is 12.6. The van der Waals surface area contributed by atoms with Crippen LogP contribution in [0.15, 0.2) is 29.2 Å². The van der Waals surface area contributed by atoms with Gasteiger partial charge >= 0.3 is 0 Å². The van der Waals surface area contributed by atoms with E-state index in [2.05, 4.69) is 18.6 Å². The molecule has 0 unspecified atom stereocenters. The monoisotopic (exact) mass is 354 g/mol. The number of carbonyl (C=O) groups excluding carboxylic acids is 1. The van der Waals surface area contributed by atoms with E-state index in [4.69, 9.17) is 4.74 Å². The lowest BCUT2D eigenvalue weighted by Gasteiger charge is -2.35. The van der Waals surface area contributed by atoms with Crippen LogP contribution < -0.4 is 4.72 Å². The number of nitrogens with one attached hydrogen (secondary N) is 1. The number of sulfonamides is 1. The van der Waals surface area contributed by atoms with Crippen molar-refractivity contribution in [1.82, 2.24) is 9.62 Å². The van der Waals surface area contributed by atoms with Crippen molar-refractivity contribution < 1.29 is 17.9 Å². The Bertz CT molecular complexity index is 648. The second kappa shape index (κ2) is 8.09. The molecular formula is C17H26N2O4S. The zero-order valence-electron chi connectivity index (χ0n) is 14.5. The maximum Gasteiger partial charge on any atom is 0.253 e. The minimum Gasteiger partial charge on any atom is -0.383 e. The molecule has 0 saturated carbocycles. The first-order valence-electron chi connectivity index (χ1n) is 8.21. The largest absolute Gasteiger partial charge is 0.383 e. The highest BCUT2D eigenvalue weighted by Crippen LogP contribution is 2.23. The molecule has 7 heteroatoms. The summed E-state index contributed by atoms with van der Waals surface area (Å²) in [7, 11) is -2.06. The standard InChI is InChI=1S/C17H26N2O4S/c1-13-10-14(2)12-19(11-13)17(20)15-4-6-16(7-5-15)24(21,22)18-8-9-23-3/h4-7,13-14,18H,8-12H2,1-3H3/t13-,14+. The predicted molar refractivity (Wildman–Crippen MR) is 92.4 cm³/mol. The molecule has 0 spiro atoms. The average Bonchev–Trinajstić information content (AvgIpc) is 2.53. The Morgan fingerprint density at radius 2 is 1.79 bits per heavy atom. The van der Waals surface area contributed by atoms with Gasteiger partial charge in [0, 0.05) is 32.3 Å². The molecule has 1 aliphatic rings. The molecular weight excluding hydrogens is 328 g/mol. The zero-order chi connectivity index (χ0) is 17.7. The third kappa shape index (κ3) is 4.78. The van der Waals surface area contributed by atoms with Gasteiger partial charge in [-0.05, 0) is 42.5 Å². The van der Waals surface area contributed by atoms with E-state index in [9.17, 15) is 13.2 Å². The highest BCUT2D eigenvalue weighted by molar-refractivity contribution is 7.89. The van der Waals surface area contributed by atoms with Gasteiger partial charge in [0.05, 0.1) is 11.5 Å². The van der Waals surface area contributed by atoms with Crippen LogP contribution in [-0.2, 0) is 14.8 Å². The third-order valence-electron chi connectivity index (χ3n) is 4.17. The fraction of sp³-hybridized carbons (Fsp3) is 0.588. The number of benzene rings is 1. The van der Waals surface area contributed by atoms with Crippen molar-refractivity contribution in [2.75, 3.05) is 33.4 Å². The maximum atomic E-state index is 12.6. The fourth-order valence-electron chi connectivity index (χ4n) is 3.15. The van der Waals surface area contributed by atoms with Crippen LogP contribution in [0.5, 0.6) is 0 Å². The molecule has 24 heavy (non-hydrogen) atoms. The number of nitrogens with zero attached hydrogens (tertiary/aromatic N) is 1. The number of hydrogen-bond donors (Lipinski definition) is 1. The number of piperidine rings is 1. The Balaban J connectivity index is 2.07. The van der Waals surface area contributed by atoms with Crippen molar-refractivity contribution in [3.63, 3.8) is 0 Å². The van der Waals surface area contributed by atoms with E-state index < -0.39 is 10.0 Å². The summed E-state index contributed by atoms with van der Waals surface area (Å²) in [6.07, 6.45) is 1.13. The second-order valence-corrected chi connectivity index (χ2v) is 8.34. The van der Waals surface area contributed by atoms with Gasteiger partial charge in [0.15, 0.2) is 0 Å². The van der Waals surface area contributed by atoms with E-state index >= 15 is 0 Å². The second-order valence-electron chi connectivity index (χ2n) is 6.57. The van der Waals surface area contributed by atoms with Crippen molar-refractivity contribution >= 4 is 15.9 Å². The Hall–Kier alpha value is -1.44. The molecule has 1 aliphatic heterocycles. The number of amides is 1. The summed E-state index contributed by atoms with van der Waals surface area (Å²) in [6.45, 7) is 6.32. The summed E-state index contributed by atoms with van der Waals surface area (Å²) in [6, 6.07) is 6.10. The van der Waals surface area contributed by atoms with Crippen LogP contribution >= 0.6 is 0 Å². The van der Waals surface area contributed by atoms with Gasteiger partial charge in [-0.25, -0.2) is 13.1 Å². The molecule has 134 valence electrons. The first kappa shape index (κ1) is 18.9. The van der Waals surface area contributed by atoms with Crippen LogP contribution in [0.3, 0.4) is 0 Å². The van der Waals surface area contributed by atoms with Gasteiger partial charge in [0.1, 0.15) is 0 Å². The number of carbonyl (C=O) groups is 1. The van der Waals surface area contributed by atoms with Crippen molar-refractivity contribution in [3.05, 3.63) is 29.8 Å².